The summed E-state index contributed by atoms with van der Waals surface area (Å²) in [4.78, 5) is 13.1. The summed E-state index contributed by atoms with van der Waals surface area (Å²) in [6.45, 7) is 3.89. The molecular formula is C58H115NO8. The molecule has 1 amide bonds. The molecule has 9 nitrogen and oxygen atoms in total. The van der Waals surface area contributed by atoms with Crippen LogP contribution in [0.2, 0.25) is 0 Å². The average molecular weight is 955 g/mol. The Bertz CT molecular complexity index is 1020. The third-order valence-corrected chi connectivity index (χ3v) is 14.7. The lowest BCUT2D eigenvalue weighted by molar-refractivity contribution is -0.302. The molecule has 0 aromatic heterocycles. The molecule has 0 aromatic rings. The molecular weight excluding hydrogens is 839 g/mol. The monoisotopic (exact) mass is 954 g/mol. The Morgan fingerprint density at radius 1 is 0.448 bits per heavy atom. The quantitative estimate of drug-likeness (QED) is 0.0330. The SMILES string of the molecule is CCCCCCCCCCCCCCCCCCCCCCCCC(=O)NC(COC1OC(CO)C(O)C(O)C1O)C(O)CCCCCCCCCCCCCCCCCCCCCCCC. The molecule has 400 valence electrons. The fourth-order valence-corrected chi connectivity index (χ4v) is 9.99. The maximum absolute atomic E-state index is 13.1. The van der Waals surface area contributed by atoms with Crippen LogP contribution in [0.4, 0.5) is 0 Å². The number of carbonyl (C=O) groups is 1. The van der Waals surface area contributed by atoms with Crippen molar-refractivity contribution in [2.75, 3.05) is 13.2 Å². The average Bonchev–Trinajstić information content (AvgIpc) is 3.33. The van der Waals surface area contributed by atoms with Crippen LogP contribution in [-0.2, 0) is 14.3 Å². The first kappa shape index (κ1) is 64.2. The Morgan fingerprint density at radius 3 is 1.06 bits per heavy atom. The van der Waals surface area contributed by atoms with Crippen LogP contribution in [0.5, 0.6) is 0 Å². The molecule has 1 aliphatic heterocycles. The van der Waals surface area contributed by atoms with E-state index in [1.54, 1.807) is 0 Å². The first-order chi connectivity index (χ1) is 32.8. The molecule has 7 unspecified atom stereocenters. The Hall–Kier alpha value is -0.810. The van der Waals surface area contributed by atoms with Gasteiger partial charge in [-0.15, -0.1) is 0 Å². The molecule has 1 rings (SSSR count). The van der Waals surface area contributed by atoms with E-state index in [9.17, 15) is 30.3 Å². The highest BCUT2D eigenvalue weighted by Crippen LogP contribution is 2.23. The molecule has 1 fully saturated rings. The third-order valence-electron chi connectivity index (χ3n) is 14.7. The summed E-state index contributed by atoms with van der Waals surface area (Å²) in [5.41, 5.74) is 0. The van der Waals surface area contributed by atoms with E-state index >= 15 is 0 Å². The summed E-state index contributed by atoms with van der Waals surface area (Å²) >= 11 is 0. The van der Waals surface area contributed by atoms with Gasteiger partial charge in [0.2, 0.25) is 5.91 Å². The first-order valence-electron chi connectivity index (χ1n) is 29.7. The maximum atomic E-state index is 13.1. The summed E-state index contributed by atoms with van der Waals surface area (Å²) < 4.78 is 11.3. The molecule has 0 spiro atoms. The van der Waals surface area contributed by atoms with E-state index < -0.39 is 49.5 Å². The minimum absolute atomic E-state index is 0.131. The van der Waals surface area contributed by atoms with Crippen LogP contribution in [0.1, 0.15) is 309 Å². The lowest BCUT2D eigenvalue weighted by Crippen LogP contribution is -2.60. The van der Waals surface area contributed by atoms with Gasteiger partial charge in [0.25, 0.3) is 0 Å². The number of hydrogen-bond acceptors (Lipinski definition) is 8. The molecule has 0 aliphatic carbocycles. The number of rotatable bonds is 52. The van der Waals surface area contributed by atoms with Crippen molar-refractivity contribution in [3.8, 4) is 0 Å². The van der Waals surface area contributed by atoms with Crippen LogP contribution in [0.3, 0.4) is 0 Å². The number of ether oxygens (including phenoxy) is 2. The molecule has 1 aliphatic rings. The van der Waals surface area contributed by atoms with Crippen molar-refractivity contribution >= 4 is 5.91 Å². The van der Waals surface area contributed by atoms with Gasteiger partial charge < -0.3 is 40.3 Å². The summed E-state index contributed by atoms with van der Waals surface area (Å²) in [6, 6.07) is -0.713. The summed E-state index contributed by atoms with van der Waals surface area (Å²) in [7, 11) is 0. The van der Waals surface area contributed by atoms with Crippen molar-refractivity contribution in [2.45, 2.75) is 352 Å². The van der Waals surface area contributed by atoms with Gasteiger partial charge in [-0.25, -0.2) is 0 Å². The molecule has 0 saturated carbocycles. The summed E-state index contributed by atoms with van der Waals surface area (Å²) in [5.74, 6) is -0.135. The molecule has 0 radical (unpaired) electrons. The van der Waals surface area contributed by atoms with Crippen LogP contribution >= 0.6 is 0 Å². The zero-order valence-electron chi connectivity index (χ0n) is 44.4. The molecule has 9 heteroatoms. The highest BCUT2D eigenvalue weighted by Gasteiger charge is 2.44. The Morgan fingerprint density at radius 2 is 0.746 bits per heavy atom. The Kier molecular flexibility index (Phi) is 46.8. The zero-order valence-corrected chi connectivity index (χ0v) is 44.4. The number of nitrogens with one attached hydrogen (secondary N) is 1. The Balaban J connectivity index is 2.18. The van der Waals surface area contributed by atoms with Gasteiger partial charge in [-0.1, -0.05) is 290 Å². The highest BCUT2D eigenvalue weighted by molar-refractivity contribution is 5.76. The van der Waals surface area contributed by atoms with E-state index in [1.807, 2.05) is 0 Å². The molecule has 0 aromatic carbocycles. The largest absolute Gasteiger partial charge is 0.394 e. The first-order valence-corrected chi connectivity index (χ1v) is 29.7. The lowest BCUT2D eigenvalue weighted by atomic mass is 9.99. The third kappa shape index (κ3) is 38.5. The second kappa shape index (κ2) is 48.8. The molecule has 67 heavy (non-hydrogen) atoms. The van der Waals surface area contributed by atoms with Crippen LogP contribution in [-0.4, -0.2) is 87.5 Å². The van der Waals surface area contributed by atoms with Gasteiger partial charge in [-0.2, -0.15) is 0 Å². The van der Waals surface area contributed by atoms with Crippen molar-refractivity contribution in [3.05, 3.63) is 0 Å². The second-order valence-electron chi connectivity index (χ2n) is 21.2. The standard InChI is InChI=1S/C58H115NO8/c1-3-5-7-9-11-13-15-17-19-21-23-25-27-29-31-33-35-37-39-41-43-45-47-52(61)51(50-66-58-57(65)56(64)55(63)53(49-60)67-58)59-54(62)48-46-44-42-40-38-36-34-32-30-28-26-24-22-20-18-16-14-12-10-8-6-4-2/h51-53,55-58,60-61,63-65H,3-50H2,1-2H3,(H,59,62). The molecule has 0 bridgehead atoms. The molecule has 1 heterocycles. The minimum atomic E-state index is -1.55. The number of aliphatic hydroxyl groups is 5. The smallest absolute Gasteiger partial charge is 0.220 e. The predicted molar refractivity (Wildman–Crippen MR) is 281 cm³/mol. The minimum Gasteiger partial charge on any atom is -0.394 e. The topological polar surface area (TPSA) is 149 Å². The number of carbonyl (C=O) groups excluding carboxylic acids is 1. The summed E-state index contributed by atoms with van der Waals surface area (Å²) in [6.07, 6.45) is 51.3. The van der Waals surface area contributed by atoms with E-state index in [1.165, 1.54) is 244 Å². The van der Waals surface area contributed by atoms with Gasteiger partial charge >= 0.3 is 0 Å². The van der Waals surface area contributed by atoms with Crippen molar-refractivity contribution < 1.29 is 39.8 Å². The van der Waals surface area contributed by atoms with Crippen molar-refractivity contribution in [1.82, 2.24) is 5.32 Å². The molecule has 6 N–H and O–H groups in total. The van der Waals surface area contributed by atoms with Crippen LogP contribution in [0.15, 0.2) is 0 Å². The maximum Gasteiger partial charge on any atom is 0.220 e. The fourth-order valence-electron chi connectivity index (χ4n) is 9.99. The molecule has 7 atom stereocenters. The second-order valence-corrected chi connectivity index (χ2v) is 21.2. The summed E-state index contributed by atoms with van der Waals surface area (Å²) in [5, 5.41) is 54.7. The van der Waals surface area contributed by atoms with Gasteiger partial charge in [0.15, 0.2) is 6.29 Å². The van der Waals surface area contributed by atoms with Crippen molar-refractivity contribution in [3.63, 3.8) is 0 Å². The van der Waals surface area contributed by atoms with Gasteiger partial charge in [0.1, 0.15) is 24.4 Å². The predicted octanol–water partition coefficient (Wildman–Crippen LogP) is 14.6. The van der Waals surface area contributed by atoms with Crippen LogP contribution in [0, 0.1) is 0 Å². The van der Waals surface area contributed by atoms with Crippen molar-refractivity contribution in [2.24, 2.45) is 0 Å². The normalized spacial score (nSPS) is 19.5. The van der Waals surface area contributed by atoms with Crippen LogP contribution in [0.25, 0.3) is 0 Å². The highest BCUT2D eigenvalue weighted by atomic mass is 16.7. The number of unbranched alkanes of at least 4 members (excludes halogenated alkanes) is 42. The van der Waals surface area contributed by atoms with Gasteiger partial charge in [-0.3, -0.25) is 4.79 Å². The lowest BCUT2D eigenvalue weighted by Gasteiger charge is -2.40. The van der Waals surface area contributed by atoms with Crippen LogP contribution < -0.4 is 5.32 Å². The van der Waals surface area contributed by atoms with Gasteiger partial charge in [0.05, 0.1) is 25.4 Å². The fraction of sp³-hybridized carbons (Fsp3) is 0.983. The number of hydrogen-bond donors (Lipinski definition) is 6. The number of amides is 1. The van der Waals surface area contributed by atoms with Crippen molar-refractivity contribution in [1.29, 1.82) is 0 Å². The number of aliphatic hydroxyl groups excluding tert-OH is 5. The van der Waals surface area contributed by atoms with E-state index in [0.29, 0.717) is 12.8 Å². The van der Waals surface area contributed by atoms with E-state index in [4.69, 9.17) is 9.47 Å². The molecule has 1 saturated heterocycles. The van der Waals surface area contributed by atoms with Gasteiger partial charge in [0, 0.05) is 6.42 Å². The van der Waals surface area contributed by atoms with E-state index in [2.05, 4.69) is 19.2 Å². The van der Waals surface area contributed by atoms with E-state index in [-0.39, 0.29) is 12.5 Å². The zero-order chi connectivity index (χ0) is 48.7. The van der Waals surface area contributed by atoms with Gasteiger partial charge in [-0.05, 0) is 12.8 Å². The Labute approximate surface area is 414 Å². The van der Waals surface area contributed by atoms with E-state index in [0.717, 1.165) is 38.5 Å².